The van der Waals surface area contributed by atoms with Gasteiger partial charge in [-0.2, -0.15) is 0 Å². The highest BCUT2D eigenvalue weighted by Crippen LogP contribution is 2.37. The molecule has 2 aliphatic rings. The summed E-state index contributed by atoms with van der Waals surface area (Å²) in [5.74, 6) is -1.35. The van der Waals surface area contributed by atoms with E-state index in [1.165, 1.54) is 23.1 Å². The number of ether oxygens (including phenoxy) is 1. The molecule has 1 heterocycles. The number of esters is 1. The van der Waals surface area contributed by atoms with Crippen LogP contribution in [0, 0.1) is 22.0 Å². The van der Waals surface area contributed by atoms with Gasteiger partial charge in [-0.15, -0.1) is 0 Å². The summed E-state index contributed by atoms with van der Waals surface area (Å²) in [7, 11) is 0. The molecule has 1 aromatic carbocycles. The molecule has 1 aliphatic heterocycles. The SMILES string of the molecule is O=C(CCN1C(=O)C2CCCCC2C1=O)OCc1cccc([N+](=O)[O-])c1. The average molecular weight is 360 g/mol. The minimum Gasteiger partial charge on any atom is -0.461 e. The molecule has 2 fully saturated rings. The number of carbonyl (C=O) groups excluding carboxylic acids is 3. The number of benzene rings is 1. The van der Waals surface area contributed by atoms with Gasteiger partial charge in [0.05, 0.1) is 23.2 Å². The summed E-state index contributed by atoms with van der Waals surface area (Å²) < 4.78 is 5.10. The van der Waals surface area contributed by atoms with Crippen LogP contribution in [0.15, 0.2) is 24.3 Å². The molecule has 1 saturated heterocycles. The first-order valence-electron chi connectivity index (χ1n) is 8.71. The molecule has 2 atom stereocenters. The Hall–Kier alpha value is -2.77. The molecule has 8 nitrogen and oxygen atoms in total. The Morgan fingerprint density at radius 3 is 2.46 bits per heavy atom. The zero-order valence-corrected chi connectivity index (χ0v) is 14.3. The second-order valence-corrected chi connectivity index (χ2v) is 6.66. The van der Waals surface area contributed by atoms with Crippen molar-refractivity contribution in [2.75, 3.05) is 6.54 Å². The van der Waals surface area contributed by atoms with E-state index in [1.54, 1.807) is 6.07 Å². The van der Waals surface area contributed by atoms with E-state index in [4.69, 9.17) is 4.74 Å². The van der Waals surface area contributed by atoms with E-state index in [0.29, 0.717) is 5.56 Å². The van der Waals surface area contributed by atoms with Crippen molar-refractivity contribution in [2.45, 2.75) is 38.7 Å². The number of nitro groups is 1. The average Bonchev–Trinajstić information content (AvgIpc) is 2.89. The van der Waals surface area contributed by atoms with Crippen LogP contribution in [-0.2, 0) is 25.7 Å². The Morgan fingerprint density at radius 2 is 1.85 bits per heavy atom. The van der Waals surface area contributed by atoms with Gasteiger partial charge in [-0.25, -0.2) is 0 Å². The largest absolute Gasteiger partial charge is 0.461 e. The highest BCUT2D eigenvalue weighted by Gasteiger charge is 2.47. The standard InChI is InChI=1S/C18H20N2O6/c21-16(26-11-12-4-3-5-13(10-12)20(24)25)8-9-19-17(22)14-6-1-2-7-15(14)18(19)23/h3-5,10,14-15H,1-2,6-9,11H2. The predicted octanol–water partition coefficient (Wildman–Crippen LogP) is 2.20. The quantitative estimate of drug-likeness (QED) is 0.333. The lowest BCUT2D eigenvalue weighted by Crippen LogP contribution is -2.33. The third-order valence-electron chi connectivity index (χ3n) is 4.99. The minimum atomic E-state index is -0.549. The van der Waals surface area contributed by atoms with E-state index in [-0.39, 0.29) is 48.9 Å². The summed E-state index contributed by atoms with van der Waals surface area (Å²) in [5, 5.41) is 10.7. The lowest BCUT2D eigenvalue weighted by molar-refractivity contribution is -0.384. The van der Waals surface area contributed by atoms with Gasteiger partial charge in [-0.05, 0) is 18.4 Å². The van der Waals surface area contributed by atoms with Crippen LogP contribution in [0.1, 0.15) is 37.7 Å². The first-order valence-corrected chi connectivity index (χ1v) is 8.71. The molecule has 0 spiro atoms. The number of imide groups is 1. The summed E-state index contributed by atoms with van der Waals surface area (Å²) in [6.45, 7) is -0.0634. The fourth-order valence-corrected chi connectivity index (χ4v) is 3.65. The zero-order valence-electron chi connectivity index (χ0n) is 14.3. The number of amides is 2. The fraction of sp³-hybridized carbons (Fsp3) is 0.500. The topological polar surface area (TPSA) is 107 Å². The maximum absolute atomic E-state index is 12.3. The van der Waals surface area contributed by atoms with Gasteiger partial charge in [0.25, 0.3) is 5.69 Å². The number of hydrogen-bond donors (Lipinski definition) is 0. The predicted molar refractivity (Wildman–Crippen MR) is 89.7 cm³/mol. The van der Waals surface area contributed by atoms with E-state index in [2.05, 4.69) is 0 Å². The highest BCUT2D eigenvalue weighted by atomic mass is 16.6. The molecule has 0 N–H and O–H groups in total. The van der Waals surface area contributed by atoms with Gasteiger partial charge in [0.1, 0.15) is 6.61 Å². The Morgan fingerprint density at radius 1 is 1.19 bits per heavy atom. The lowest BCUT2D eigenvalue weighted by atomic mass is 9.81. The van der Waals surface area contributed by atoms with Crippen molar-refractivity contribution < 1.29 is 24.0 Å². The van der Waals surface area contributed by atoms with E-state index in [1.807, 2.05) is 0 Å². The molecule has 3 rings (SSSR count). The molecule has 0 radical (unpaired) electrons. The van der Waals surface area contributed by atoms with Crippen LogP contribution in [0.5, 0.6) is 0 Å². The second-order valence-electron chi connectivity index (χ2n) is 6.66. The monoisotopic (exact) mass is 360 g/mol. The molecular formula is C18H20N2O6. The van der Waals surface area contributed by atoms with Crippen molar-refractivity contribution in [2.24, 2.45) is 11.8 Å². The first kappa shape index (κ1) is 18.0. The van der Waals surface area contributed by atoms with Crippen molar-refractivity contribution in [3.8, 4) is 0 Å². The van der Waals surface area contributed by atoms with Crippen LogP contribution in [0.3, 0.4) is 0 Å². The smallest absolute Gasteiger partial charge is 0.307 e. The molecule has 2 amide bonds. The van der Waals surface area contributed by atoms with Crippen molar-refractivity contribution in [3.63, 3.8) is 0 Å². The second kappa shape index (κ2) is 7.63. The number of carbonyl (C=O) groups is 3. The number of nitro benzene ring substituents is 1. The van der Waals surface area contributed by atoms with Crippen molar-refractivity contribution >= 4 is 23.5 Å². The van der Waals surface area contributed by atoms with Gasteiger partial charge in [-0.1, -0.05) is 25.0 Å². The van der Waals surface area contributed by atoms with Gasteiger partial charge in [0, 0.05) is 18.7 Å². The van der Waals surface area contributed by atoms with Gasteiger partial charge >= 0.3 is 5.97 Å². The molecule has 0 aromatic heterocycles. The van der Waals surface area contributed by atoms with Crippen LogP contribution in [0.2, 0.25) is 0 Å². The van der Waals surface area contributed by atoms with E-state index >= 15 is 0 Å². The Kier molecular flexibility index (Phi) is 5.29. The van der Waals surface area contributed by atoms with Crippen LogP contribution in [-0.4, -0.2) is 34.2 Å². The van der Waals surface area contributed by atoms with Gasteiger partial charge < -0.3 is 4.74 Å². The van der Waals surface area contributed by atoms with E-state index in [9.17, 15) is 24.5 Å². The molecule has 2 unspecified atom stereocenters. The van der Waals surface area contributed by atoms with Crippen LogP contribution in [0.4, 0.5) is 5.69 Å². The molecule has 8 heteroatoms. The maximum atomic E-state index is 12.3. The van der Waals surface area contributed by atoms with Crippen molar-refractivity contribution in [1.82, 2.24) is 4.90 Å². The number of fused-ring (bicyclic) bond motifs is 1. The molecule has 0 bridgehead atoms. The number of rotatable bonds is 6. The van der Waals surface area contributed by atoms with E-state index in [0.717, 1.165) is 25.7 Å². The Labute approximate surface area is 150 Å². The summed E-state index contributed by atoms with van der Waals surface area (Å²) in [6.07, 6.45) is 3.32. The molecule has 138 valence electrons. The van der Waals surface area contributed by atoms with Crippen molar-refractivity contribution in [1.29, 1.82) is 0 Å². The number of nitrogens with zero attached hydrogens (tertiary/aromatic N) is 2. The zero-order chi connectivity index (χ0) is 18.7. The van der Waals surface area contributed by atoms with Crippen molar-refractivity contribution in [3.05, 3.63) is 39.9 Å². The molecular weight excluding hydrogens is 340 g/mol. The normalized spacial score (nSPS) is 22.2. The lowest BCUT2D eigenvalue weighted by Gasteiger charge is -2.19. The highest BCUT2D eigenvalue weighted by molar-refractivity contribution is 6.05. The van der Waals surface area contributed by atoms with Crippen LogP contribution >= 0.6 is 0 Å². The molecule has 26 heavy (non-hydrogen) atoms. The third-order valence-corrected chi connectivity index (χ3v) is 4.99. The maximum Gasteiger partial charge on any atom is 0.307 e. The first-order chi connectivity index (χ1) is 12.5. The van der Waals surface area contributed by atoms with Gasteiger partial charge in [-0.3, -0.25) is 29.4 Å². The Balaban J connectivity index is 1.50. The van der Waals surface area contributed by atoms with Gasteiger partial charge in [0.2, 0.25) is 11.8 Å². The number of non-ortho nitro benzene ring substituents is 1. The summed E-state index contributed by atoms with van der Waals surface area (Å²) in [6, 6.07) is 5.84. The summed E-state index contributed by atoms with van der Waals surface area (Å²) in [5.41, 5.74) is 0.432. The molecule has 1 saturated carbocycles. The summed E-state index contributed by atoms with van der Waals surface area (Å²) in [4.78, 5) is 48.0. The van der Waals surface area contributed by atoms with E-state index < -0.39 is 10.9 Å². The van der Waals surface area contributed by atoms with Crippen LogP contribution < -0.4 is 0 Å². The molecule has 1 aromatic rings. The van der Waals surface area contributed by atoms with Crippen LogP contribution in [0.25, 0.3) is 0 Å². The third kappa shape index (κ3) is 3.74. The summed E-state index contributed by atoms with van der Waals surface area (Å²) >= 11 is 0. The fourth-order valence-electron chi connectivity index (χ4n) is 3.65. The number of hydrogen-bond acceptors (Lipinski definition) is 6. The van der Waals surface area contributed by atoms with Gasteiger partial charge in [0.15, 0.2) is 0 Å². The number of likely N-dealkylation sites (tertiary alicyclic amines) is 1. The molecule has 1 aliphatic carbocycles. The Bertz CT molecular complexity index is 723. The minimum absolute atomic E-state index is 0.0262.